The Kier molecular flexibility index (Phi) is 7.09. The first-order valence-electron chi connectivity index (χ1n) is 10.9. The molecule has 1 aliphatic rings. The van der Waals surface area contributed by atoms with Crippen LogP contribution in [-0.4, -0.2) is 57.5 Å². The molecule has 2 aromatic carbocycles. The molecule has 0 saturated carbocycles. The number of thioether (sulfide) groups is 1. The predicted molar refractivity (Wildman–Crippen MR) is 126 cm³/mol. The zero-order chi connectivity index (χ0) is 22.5. The van der Waals surface area contributed by atoms with Crippen molar-refractivity contribution in [2.45, 2.75) is 25.5 Å². The third kappa shape index (κ3) is 5.12. The van der Waals surface area contributed by atoms with Crippen LogP contribution in [0.3, 0.4) is 0 Å². The summed E-state index contributed by atoms with van der Waals surface area (Å²) in [6.07, 6.45) is 0. The lowest BCUT2D eigenvalue weighted by Crippen LogP contribution is -2.49. The van der Waals surface area contributed by atoms with E-state index in [1.54, 1.807) is 18.2 Å². The second kappa shape index (κ2) is 10.2. The predicted octanol–water partition coefficient (Wildman–Crippen LogP) is 4.18. The Bertz CT molecular complexity index is 1050. The highest BCUT2D eigenvalue weighted by Crippen LogP contribution is 2.27. The number of carbonyl (C=O) groups is 1. The van der Waals surface area contributed by atoms with E-state index in [4.69, 9.17) is 0 Å². The molecule has 1 aromatic heterocycles. The Morgan fingerprint density at radius 3 is 2.38 bits per heavy atom. The minimum Gasteiger partial charge on any atom is -0.368 e. The minimum atomic E-state index is -0.325. The van der Waals surface area contributed by atoms with E-state index in [2.05, 4.69) is 41.1 Å². The van der Waals surface area contributed by atoms with Gasteiger partial charge in [-0.1, -0.05) is 55.9 Å². The number of amides is 1. The van der Waals surface area contributed by atoms with Crippen LogP contribution in [0, 0.1) is 11.7 Å². The monoisotopic (exact) mass is 453 g/mol. The number of benzene rings is 2. The lowest BCUT2D eigenvalue weighted by atomic mass is 10.2. The molecule has 1 amide bonds. The van der Waals surface area contributed by atoms with Gasteiger partial charge in [0.25, 0.3) is 0 Å². The summed E-state index contributed by atoms with van der Waals surface area (Å²) >= 11 is 1.37. The number of piperazine rings is 1. The molecule has 1 saturated heterocycles. The Labute approximate surface area is 192 Å². The van der Waals surface area contributed by atoms with Crippen LogP contribution in [0.5, 0.6) is 0 Å². The average Bonchev–Trinajstić information content (AvgIpc) is 3.20. The average molecular weight is 454 g/mol. The van der Waals surface area contributed by atoms with Crippen molar-refractivity contribution >= 4 is 23.4 Å². The molecule has 2 heterocycles. The van der Waals surface area contributed by atoms with Crippen molar-refractivity contribution in [3.63, 3.8) is 0 Å². The van der Waals surface area contributed by atoms with E-state index in [1.165, 1.54) is 23.5 Å². The molecule has 0 radical (unpaired) electrons. The molecule has 1 fully saturated rings. The van der Waals surface area contributed by atoms with Gasteiger partial charge in [0.15, 0.2) is 11.0 Å². The Hall–Kier alpha value is -2.87. The molecular formula is C24H28FN5OS. The third-order valence-electron chi connectivity index (χ3n) is 5.46. The number of anilines is 1. The summed E-state index contributed by atoms with van der Waals surface area (Å²) < 4.78 is 16.3. The first-order chi connectivity index (χ1) is 15.5. The van der Waals surface area contributed by atoms with Crippen molar-refractivity contribution in [2.75, 3.05) is 36.8 Å². The van der Waals surface area contributed by atoms with Crippen molar-refractivity contribution in [2.24, 2.45) is 5.92 Å². The molecule has 0 atom stereocenters. The molecule has 0 bridgehead atoms. The SMILES string of the molecule is CC(C)Cn1c(SCC(=O)N2CCN(c3ccccc3)CC2)nnc1-c1ccccc1F. The van der Waals surface area contributed by atoms with Crippen LogP contribution in [0.25, 0.3) is 11.4 Å². The summed E-state index contributed by atoms with van der Waals surface area (Å²) in [5, 5.41) is 9.19. The van der Waals surface area contributed by atoms with Gasteiger partial charge in [0.1, 0.15) is 5.82 Å². The van der Waals surface area contributed by atoms with E-state index >= 15 is 0 Å². The maximum Gasteiger partial charge on any atom is 0.233 e. The zero-order valence-electron chi connectivity index (χ0n) is 18.4. The third-order valence-corrected chi connectivity index (χ3v) is 6.41. The molecule has 3 aromatic rings. The number of aromatic nitrogens is 3. The van der Waals surface area contributed by atoms with Gasteiger partial charge >= 0.3 is 0 Å². The van der Waals surface area contributed by atoms with Gasteiger partial charge in [0, 0.05) is 38.4 Å². The smallest absolute Gasteiger partial charge is 0.233 e. The fourth-order valence-electron chi connectivity index (χ4n) is 3.84. The molecular weight excluding hydrogens is 425 g/mol. The first-order valence-corrected chi connectivity index (χ1v) is 11.9. The number of rotatable bonds is 7. The van der Waals surface area contributed by atoms with Crippen molar-refractivity contribution in [1.82, 2.24) is 19.7 Å². The largest absolute Gasteiger partial charge is 0.368 e. The van der Waals surface area contributed by atoms with E-state index in [0.717, 1.165) is 13.1 Å². The lowest BCUT2D eigenvalue weighted by Gasteiger charge is -2.36. The second-order valence-corrected chi connectivity index (χ2v) is 9.23. The standard InChI is InChI=1S/C24H28FN5OS/c1-18(2)16-30-23(20-10-6-7-11-21(20)25)26-27-24(30)32-17-22(31)29-14-12-28(13-15-29)19-8-4-3-5-9-19/h3-11,18H,12-17H2,1-2H3. The van der Waals surface area contributed by atoms with E-state index in [0.29, 0.717) is 47.8 Å². The van der Waals surface area contributed by atoms with Crippen molar-refractivity contribution in [3.05, 3.63) is 60.4 Å². The van der Waals surface area contributed by atoms with Crippen LogP contribution in [0.15, 0.2) is 59.8 Å². The van der Waals surface area contributed by atoms with Crippen molar-refractivity contribution in [3.8, 4) is 11.4 Å². The number of nitrogens with zero attached hydrogens (tertiary/aromatic N) is 5. The van der Waals surface area contributed by atoms with Crippen LogP contribution < -0.4 is 4.90 Å². The highest BCUT2D eigenvalue weighted by Gasteiger charge is 2.23. The molecule has 0 spiro atoms. The maximum absolute atomic E-state index is 14.4. The van der Waals surface area contributed by atoms with Gasteiger partial charge in [-0.05, 0) is 30.2 Å². The van der Waals surface area contributed by atoms with Crippen LogP contribution in [0.2, 0.25) is 0 Å². The molecule has 8 heteroatoms. The van der Waals surface area contributed by atoms with Gasteiger partial charge in [-0.15, -0.1) is 10.2 Å². The highest BCUT2D eigenvalue weighted by molar-refractivity contribution is 7.99. The number of hydrogen-bond acceptors (Lipinski definition) is 5. The Morgan fingerprint density at radius 2 is 1.69 bits per heavy atom. The van der Waals surface area contributed by atoms with Crippen LogP contribution >= 0.6 is 11.8 Å². The summed E-state index contributed by atoms with van der Waals surface area (Å²) in [6.45, 7) is 7.89. The van der Waals surface area contributed by atoms with Gasteiger partial charge in [-0.25, -0.2) is 4.39 Å². The summed E-state index contributed by atoms with van der Waals surface area (Å²) in [6, 6.07) is 16.9. The topological polar surface area (TPSA) is 54.3 Å². The number of hydrogen-bond donors (Lipinski definition) is 0. The van der Waals surface area contributed by atoms with Gasteiger partial charge in [0.05, 0.1) is 11.3 Å². The number of carbonyl (C=O) groups excluding carboxylic acids is 1. The van der Waals surface area contributed by atoms with E-state index in [1.807, 2.05) is 27.7 Å². The molecule has 6 nitrogen and oxygen atoms in total. The fraction of sp³-hybridized carbons (Fsp3) is 0.375. The fourth-order valence-corrected chi connectivity index (χ4v) is 4.69. The number of para-hydroxylation sites is 1. The van der Waals surface area contributed by atoms with E-state index in [9.17, 15) is 9.18 Å². The molecule has 4 rings (SSSR count). The summed E-state index contributed by atoms with van der Waals surface area (Å²) in [7, 11) is 0. The normalized spacial score (nSPS) is 14.2. The molecule has 1 aliphatic heterocycles. The lowest BCUT2D eigenvalue weighted by molar-refractivity contribution is -0.128. The van der Waals surface area contributed by atoms with Gasteiger partial charge in [-0.2, -0.15) is 0 Å². The quantitative estimate of drug-likeness (QED) is 0.503. The molecule has 0 aliphatic carbocycles. The summed E-state index contributed by atoms with van der Waals surface area (Å²) in [5.41, 5.74) is 1.62. The van der Waals surface area contributed by atoms with E-state index < -0.39 is 0 Å². The van der Waals surface area contributed by atoms with E-state index in [-0.39, 0.29) is 11.7 Å². The molecule has 32 heavy (non-hydrogen) atoms. The molecule has 168 valence electrons. The highest BCUT2D eigenvalue weighted by atomic mass is 32.2. The second-order valence-electron chi connectivity index (χ2n) is 8.28. The minimum absolute atomic E-state index is 0.0919. The van der Waals surface area contributed by atoms with Gasteiger partial charge in [-0.3, -0.25) is 4.79 Å². The van der Waals surface area contributed by atoms with Gasteiger partial charge < -0.3 is 14.4 Å². The summed E-state index contributed by atoms with van der Waals surface area (Å²) in [4.78, 5) is 17.1. The van der Waals surface area contributed by atoms with Crippen LogP contribution in [0.4, 0.5) is 10.1 Å². The maximum atomic E-state index is 14.4. The first kappa shape index (κ1) is 22.3. The summed E-state index contributed by atoms with van der Waals surface area (Å²) in [5.74, 6) is 0.891. The van der Waals surface area contributed by atoms with Gasteiger partial charge in [0.2, 0.25) is 5.91 Å². The Balaban J connectivity index is 1.40. The van der Waals surface area contributed by atoms with Crippen molar-refractivity contribution < 1.29 is 9.18 Å². The van der Waals surface area contributed by atoms with Crippen LogP contribution in [0.1, 0.15) is 13.8 Å². The molecule has 0 N–H and O–H groups in total. The molecule has 0 unspecified atom stereocenters. The van der Waals surface area contributed by atoms with Crippen molar-refractivity contribution in [1.29, 1.82) is 0 Å². The van der Waals surface area contributed by atoms with Crippen LogP contribution in [-0.2, 0) is 11.3 Å². The Morgan fingerprint density at radius 1 is 1.00 bits per heavy atom. The zero-order valence-corrected chi connectivity index (χ0v) is 19.3. The number of halogens is 1.